The average Bonchev–Trinajstić information content (AvgIpc) is 2.26. The number of amides is 2. The molecule has 0 aromatic heterocycles. The highest BCUT2D eigenvalue weighted by Gasteiger charge is 2.24. The molecule has 0 radical (unpaired) electrons. The van der Waals surface area contributed by atoms with Gasteiger partial charge in [-0.3, -0.25) is 0 Å². The average molecular weight is 288 g/mol. The Kier molecular flexibility index (Phi) is 4.79. The van der Waals surface area contributed by atoms with Crippen LogP contribution >= 0.6 is 12.8 Å². The summed E-state index contributed by atoms with van der Waals surface area (Å²) in [5.41, 5.74) is -0.227. The van der Waals surface area contributed by atoms with Gasteiger partial charge >= 0.3 is 6.03 Å². The number of carbonyl (C=O) groups is 1. The zero-order valence-electron chi connectivity index (χ0n) is 11.4. The van der Waals surface area contributed by atoms with Gasteiger partial charge in [0.1, 0.15) is 5.82 Å². The number of rotatable bonds is 2. The summed E-state index contributed by atoms with van der Waals surface area (Å²) in [5, 5.41) is 2.71. The van der Waals surface area contributed by atoms with Gasteiger partial charge in [0.05, 0.1) is 5.69 Å². The topological polar surface area (TPSA) is 32.3 Å². The van der Waals surface area contributed by atoms with Gasteiger partial charge in [0.15, 0.2) is 5.82 Å². The standard InChI is InChI=1S/C13H18F2N2OS/c1-8(13(2,3)4)16-12(18)17(19)11-6-5-9(14)7-10(11)15/h5-8,19H,1-4H3,(H,16,18). The van der Waals surface area contributed by atoms with Crippen LogP contribution in [0.25, 0.3) is 0 Å². The molecule has 2 amide bonds. The number of halogens is 2. The van der Waals surface area contributed by atoms with E-state index in [9.17, 15) is 13.6 Å². The molecule has 1 rings (SSSR count). The van der Waals surface area contributed by atoms with Crippen LogP contribution in [0.5, 0.6) is 0 Å². The molecule has 1 N–H and O–H groups in total. The molecule has 1 atom stereocenters. The Morgan fingerprint density at radius 3 is 2.42 bits per heavy atom. The van der Waals surface area contributed by atoms with E-state index in [2.05, 4.69) is 18.1 Å². The van der Waals surface area contributed by atoms with Crippen LogP contribution in [0.2, 0.25) is 0 Å². The molecular formula is C13H18F2N2OS. The lowest BCUT2D eigenvalue weighted by atomic mass is 9.88. The SMILES string of the molecule is CC(NC(=O)N(S)c1ccc(F)cc1F)C(C)(C)C. The van der Waals surface area contributed by atoms with Gasteiger partial charge in [-0.25, -0.2) is 17.9 Å². The Morgan fingerprint density at radius 1 is 1.37 bits per heavy atom. The van der Waals surface area contributed by atoms with E-state index in [1.54, 1.807) is 0 Å². The Balaban J connectivity index is 2.83. The van der Waals surface area contributed by atoms with Crippen molar-refractivity contribution in [1.29, 1.82) is 0 Å². The van der Waals surface area contributed by atoms with Gasteiger partial charge in [-0.1, -0.05) is 33.6 Å². The highest BCUT2D eigenvalue weighted by atomic mass is 32.1. The second-order valence-electron chi connectivity index (χ2n) is 5.44. The molecule has 19 heavy (non-hydrogen) atoms. The molecule has 0 aliphatic heterocycles. The number of hydrogen-bond donors (Lipinski definition) is 2. The number of benzene rings is 1. The van der Waals surface area contributed by atoms with Crippen LogP contribution in [0.15, 0.2) is 18.2 Å². The van der Waals surface area contributed by atoms with Gasteiger partial charge in [0.25, 0.3) is 0 Å². The van der Waals surface area contributed by atoms with Crippen molar-refractivity contribution in [3.8, 4) is 0 Å². The van der Waals surface area contributed by atoms with Gasteiger partial charge in [-0.15, -0.1) is 0 Å². The summed E-state index contributed by atoms with van der Waals surface area (Å²) in [6.07, 6.45) is 0. The third kappa shape index (κ3) is 4.09. The summed E-state index contributed by atoms with van der Waals surface area (Å²) in [6.45, 7) is 7.76. The predicted molar refractivity (Wildman–Crippen MR) is 75.3 cm³/mol. The maximum atomic E-state index is 13.5. The number of hydrogen-bond acceptors (Lipinski definition) is 2. The fraction of sp³-hybridized carbons (Fsp3) is 0.462. The zero-order chi connectivity index (χ0) is 14.8. The largest absolute Gasteiger partial charge is 0.334 e. The van der Waals surface area contributed by atoms with E-state index in [0.717, 1.165) is 10.4 Å². The summed E-state index contributed by atoms with van der Waals surface area (Å²) in [4.78, 5) is 11.9. The van der Waals surface area contributed by atoms with Crippen LogP contribution in [0.3, 0.4) is 0 Å². The highest BCUT2D eigenvalue weighted by molar-refractivity contribution is 7.82. The number of anilines is 1. The quantitative estimate of drug-likeness (QED) is 0.798. The van der Waals surface area contributed by atoms with E-state index in [1.807, 2.05) is 27.7 Å². The van der Waals surface area contributed by atoms with Crippen LogP contribution in [0.1, 0.15) is 27.7 Å². The molecule has 0 spiro atoms. The van der Waals surface area contributed by atoms with Crippen LogP contribution in [0.4, 0.5) is 19.3 Å². The van der Waals surface area contributed by atoms with Crippen molar-refractivity contribution in [2.24, 2.45) is 5.41 Å². The minimum absolute atomic E-state index is 0.0941. The molecular weight excluding hydrogens is 270 g/mol. The summed E-state index contributed by atoms with van der Waals surface area (Å²) in [5.74, 6) is -1.54. The molecule has 3 nitrogen and oxygen atoms in total. The number of nitrogens with one attached hydrogen (secondary N) is 1. The van der Waals surface area contributed by atoms with Crippen LogP contribution in [-0.2, 0) is 0 Å². The molecule has 0 aliphatic carbocycles. The van der Waals surface area contributed by atoms with Gasteiger partial charge in [0, 0.05) is 12.1 Å². The fourth-order valence-corrected chi connectivity index (χ4v) is 1.45. The Bertz CT molecular complexity index is 474. The van der Waals surface area contributed by atoms with E-state index in [1.165, 1.54) is 6.07 Å². The number of thiol groups is 1. The maximum absolute atomic E-state index is 13.5. The zero-order valence-corrected chi connectivity index (χ0v) is 12.3. The Labute approximate surface area is 117 Å². The molecule has 0 fully saturated rings. The highest BCUT2D eigenvalue weighted by Crippen LogP contribution is 2.23. The molecule has 0 bridgehead atoms. The first-order valence-corrected chi connectivity index (χ1v) is 6.27. The maximum Gasteiger partial charge on any atom is 0.332 e. The van der Waals surface area contributed by atoms with Gasteiger partial charge in [0.2, 0.25) is 0 Å². The van der Waals surface area contributed by atoms with Crippen LogP contribution in [-0.4, -0.2) is 12.1 Å². The summed E-state index contributed by atoms with van der Waals surface area (Å²) >= 11 is 3.95. The van der Waals surface area contributed by atoms with E-state index in [0.29, 0.717) is 6.07 Å². The minimum Gasteiger partial charge on any atom is -0.334 e. The van der Waals surface area contributed by atoms with Crippen molar-refractivity contribution in [2.75, 3.05) is 4.31 Å². The van der Waals surface area contributed by atoms with Gasteiger partial charge in [-0.05, 0) is 24.5 Å². The van der Waals surface area contributed by atoms with Crippen molar-refractivity contribution >= 4 is 24.5 Å². The third-order valence-electron chi connectivity index (χ3n) is 2.97. The second kappa shape index (κ2) is 5.77. The lowest BCUT2D eigenvalue weighted by Crippen LogP contribution is -2.45. The molecule has 106 valence electrons. The van der Waals surface area contributed by atoms with Crippen molar-refractivity contribution in [3.05, 3.63) is 29.8 Å². The molecule has 0 aliphatic rings. The van der Waals surface area contributed by atoms with E-state index in [4.69, 9.17) is 0 Å². The van der Waals surface area contributed by atoms with Crippen molar-refractivity contribution in [1.82, 2.24) is 5.32 Å². The number of urea groups is 1. The van der Waals surface area contributed by atoms with E-state index in [-0.39, 0.29) is 17.1 Å². The lowest BCUT2D eigenvalue weighted by molar-refractivity contribution is 0.231. The van der Waals surface area contributed by atoms with Crippen LogP contribution in [0, 0.1) is 17.0 Å². The minimum atomic E-state index is -0.839. The lowest BCUT2D eigenvalue weighted by Gasteiger charge is -2.29. The van der Waals surface area contributed by atoms with Crippen molar-refractivity contribution < 1.29 is 13.6 Å². The smallest absolute Gasteiger partial charge is 0.332 e. The molecule has 6 heteroatoms. The second-order valence-corrected chi connectivity index (χ2v) is 5.84. The monoisotopic (exact) mass is 288 g/mol. The van der Waals surface area contributed by atoms with Crippen molar-refractivity contribution in [3.63, 3.8) is 0 Å². The van der Waals surface area contributed by atoms with Gasteiger partial charge < -0.3 is 5.32 Å². The fourth-order valence-electron chi connectivity index (χ4n) is 1.23. The Hall–Kier alpha value is -1.30. The first-order valence-electron chi connectivity index (χ1n) is 5.87. The Morgan fingerprint density at radius 2 is 1.95 bits per heavy atom. The van der Waals surface area contributed by atoms with Crippen LogP contribution < -0.4 is 9.62 Å². The number of nitrogens with zero attached hydrogens (tertiary/aromatic N) is 1. The predicted octanol–water partition coefficient (Wildman–Crippen LogP) is 3.76. The van der Waals surface area contributed by atoms with Crippen molar-refractivity contribution in [2.45, 2.75) is 33.7 Å². The first kappa shape index (κ1) is 15.8. The molecule has 0 saturated heterocycles. The first-order chi connectivity index (χ1) is 8.62. The summed E-state index contributed by atoms with van der Waals surface area (Å²) < 4.78 is 27.1. The molecule has 0 saturated carbocycles. The molecule has 1 aromatic rings. The van der Waals surface area contributed by atoms with E-state index >= 15 is 0 Å². The van der Waals surface area contributed by atoms with E-state index < -0.39 is 17.7 Å². The van der Waals surface area contributed by atoms with Gasteiger partial charge in [-0.2, -0.15) is 0 Å². The molecule has 1 aromatic carbocycles. The summed E-state index contributed by atoms with van der Waals surface area (Å²) in [6, 6.07) is 2.26. The molecule has 0 heterocycles. The number of carbonyl (C=O) groups excluding carboxylic acids is 1. The molecule has 1 unspecified atom stereocenters. The summed E-state index contributed by atoms with van der Waals surface area (Å²) in [7, 11) is 0. The normalized spacial score (nSPS) is 13.0. The third-order valence-corrected chi connectivity index (χ3v) is 3.37.